The van der Waals surface area contributed by atoms with Gasteiger partial charge in [0.1, 0.15) is 5.76 Å². The molecule has 0 aliphatic carbocycles. The Kier molecular flexibility index (Phi) is 6.63. The van der Waals surface area contributed by atoms with E-state index in [4.69, 9.17) is 4.52 Å². The number of carbonyl (C=O) groups excluding carboxylic acids is 2. The van der Waals surface area contributed by atoms with Gasteiger partial charge in [-0.1, -0.05) is 23.4 Å². The van der Waals surface area contributed by atoms with Crippen molar-refractivity contribution in [3.63, 3.8) is 0 Å². The van der Waals surface area contributed by atoms with Gasteiger partial charge in [-0.3, -0.25) is 14.5 Å². The number of aryl methyl sites for hydroxylation is 2. The summed E-state index contributed by atoms with van der Waals surface area (Å²) in [4.78, 5) is 26.3. The number of carbonyl (C=O) groups is 2. The van der Waals surface area contributed by atoms with Gasteiger partial charge < -0.3 is 15.2 Å². The molecule has 0 saturated carbocycles. The first-order valence-corrected chi connectivity index (χ1v) is 9.66. The van der Waals surface area contributed by atoms with E-state index in [1.165, 1.54) is 0 Å². The van der Waals surface area contributed by atoms with Gasteiger partial charge in [-0.15, -0.1) is 0 Å². The summed E-state index contributed by atoms with van der Waals surface area (Å²) in [6.07, 6.45) is 0.252. The van der Waals surface area contributed by atoms with Crippen LogP contribution in [0.25, 0.3) is 5.69 Å². The summed E-state index contributed by atoms with van der Waals surface area (Å²) in [7, 11) is 1.78. The molecule has 2 amide bonds. The van der Waals surface area contributed by atoms with Crippen molar-refractivity contribution in [3.05, 3.63) is 53.5 Å². The van der Waals surface area contributed by atoms with Crippen LogP contribution in [-0.4, -0.2) is 51.8 Å². The van der Waals surface area contributed by atoms with E-state index in [9.17, 15) is 9.59 Å². The number of para-hydroxylation sites is 1. The van der Waals surface area contributed by atoms with Gasteiger partial charge >= 0.3 is 0 Å². The Hall–Kier alpha value is -3.46. The third kappa shape index (κ3) is 5.32. The number of likely N-dealkylation sites (N-methyl/N-ethyl adjacent to an activating group) is 1. The fourth-order valence-electron chi connectivity index (χ4n) is 3.07. The number of benzene rings is 1. The summed E-state index contributed by atoms with van der Waals surface area (Å²) in [6.45, 7) is 6.11. The third-order valence-electron chi connectivity index (χ3n) is 4.59. The van der Waals surface area contributed by atoms with Crippen LogP contribution >= 0.6 is 0 Å². The molecule has 0 unspecified atom stereocenters. The Balaban J connectivity index is 1.51. The molecule has 0 atom stereocenters. The van der Waals surface area contributed by atoms with Crippen molar-refractivity contribution in [2.24, 2.45) is 0 Å². The van der Waals surface area contributed by atoms with Crippen LogP contribution < -0.4 is 10.6 Å². The largest absolute Gasteiger partial charge is 0.360 e. The molecule has 0 saturated heterocycles. The fraction of sp³-hybridized carbons (Fsp3) is 0.333. The van der Waals surface area contributed by atoms with Gasteiger partial charge in [-0.2, -0.15) is 5.10 Å². The van der Waals surface area contributed by atoms with Gasteiger partial charge in [0.05, 0.1) is 29.3 Å². The monoisotopic (exact) mass is 410 g/mol. The second kappa shape index (κ2) is 9.36. The number of rotatable bonds is 8. The molecule has 9 nitrogen and oxygen atoms in total. The molecule has 0 bridgehead atoms. The minimum atomic E-state index is -0.220. The Bertz CT molecular complexity index is 1020. The van der Waals surface area contributed by atoms with Crippen molar-refractivity contribution in [1.29, 1.82) is 0 Å². The third-order valence-corrected chi connectivity index (χ3v) is 4.59. The highest BCUT2D eigenvalue weighted by Crippen LogP contribution is 2.22. The molecular weight excluding hydrogens is 384 g/mol. The van der Waals surface area contributed by atoms with E-state index in [0.717, 1.165) is 17.1 Å². The smallest absolute Gasteiger partial charge is 0.239 e. The Morgan fingerprint density at radius 3 is 2.50 bits per heavy atom. The standard InChI is InChI=1S/C21H26N6O3/c1-14-12-18(25-30-14)22-20(29)13-26(4)11-10-19(28)23-21-15(2)24-27(16(21)3)17-8-6-5-7-9-17/h5-9,12H,10-11,13H2,1-4H3,(H,23,28)(H,22,25,29). The van der Waals surface area contributed by atoms with Crippen LogP contribution in [0.15, 0.2) is 40.9 Å². The van der Waals surface area contributed by atoms with Crippen molar-refractivity contribution in [1.82, 2.24) is 19.8 Å². The van der Waals surface area contributed by atoms with Crippen molar-refractivity contribution < 1.29 is 14.1 Å². The molecule has 30 heavy (non-hydrogen) atoms. The van der Waals surface area contributed by atoms with Gasteiger partial charge in [0.2, 0.25) is 11.8 Å². The molecule has 0 aliphatic rings. The van der Waals surface area contributed by atoms with Gasteiger partial charge in [0, 0.05) is 19.0 Å². The number of amides is 2. The number of hydrogen-bond donors (Lipinski definition) is 2. The van der Waals surface area contributed by atoms with Crippen molar-refractivity contribution in [3.8, 4) is 5.69 Å². The Morgan fingerprint density at radius 1 is 1.10 bits per heavy atom. The van der Waals surface area contributed by atoms with Crippen LogP contribution in [-0.2, 0) is 9.59 Å². The van der Waals surface area contributed by atoms with Crippen LogP contribution in [0.3, 0.4) is 0 Å². The van der Waals surface area contributed by atoms with Gasteiger partial charge in [0.15, 0.2) is 5.82 Å². The summed E-state index contributed by atoms with van der Waals surface area (Å²) in [6, 6.07) is 11.4. The first-order valence-electron chi connectivity index (χ1n) is 9.66. The van der Waals surface area contributed by atoms with E-state index in [2.05, 4.69) is 20.9 Å². The minimum absolute atomic E-state index is 0.131. The Labute approximate surface area is 175 Å². The van der Waals surface area contributed by atoms with E-state index in [0.29, 0.717) is 23.8 Å². The molecule has 0 aliphatic heterocycles. The molecule has 2 N–H and O–H groups in total. The second-order valence-corrected chi connectivity index (χ2v) is 7.20. The van der Waals surface area contributed by atoms with E-state index >= 15 is 0 Å². The lowest BCUT2D eigenvalue weighted by Gasteiger charge is -2.15. The average molecular weight is 410 g/mol. The number of hydrogen-bond acceptors (Lipinski definition) is 6. The predicted molar refractivity (Wildman–Crippen MR) is 114 cm³/mol. The zero-order valence-corrected chi connectivity index (χ0v) is 17.6. The first kappa shape index (κ1) is 21.3. The highest BCUT2D eigenvalue weighted by molar-refractivity contribution is 5.92. The van der Waals surface area contributed by atoms with Crippen LogP contribution in [0.4, 0.5) is 11.5 Å². The summed E-state index contributed by atoms with van der Waals surface area (Å²) in [5, 5.41) is 13.9. The lowest BCUT2D eigenvalue weighted by Crippen LogP contribution is -2.32. The van der Waals surface area contributed by atoms with Gasteiger partial charge in [-0.25, -0.2) is 4.68 Å². The SMILES string of the molecule is Cc1cc(NC(=O)CN(C)CCC(=O)Nc2c(C)nn(-c3ccccc3)c2C)no1. The van der Waals surface area contributed by atoms with Crippen LogP contribution in [0.1, 0.15) is 23.6 Å². The average Bonchev–Trinajstić information content (AvgIpc) is 3.24. The second-order valence-electron chi connectivity index (χ2n) is 7.20. The summed E-state index contributed by atoms with van der Waals surface area (Å²) >= 11 is 0. The van der Waals surface area contributed by atoms with Crippen LogP contribution in [0.5, 0.6) is 0 Å². The maximum atomic E-state index is 12.4. The molecular formula is C21H26N6O3. The molecule has 0 radical (unpaired) electrons. The molecule has 1 aromatic carbocycles. The lowest BCUT2D eigenvalue weighted by atomic mass is 10.2. The quantitative estimate of drug-likeness (QED) is 0.592. The summed E-state index contributed by atoms with van der Waals surface area (Å²) in [5.41, 5.74) is 3.26. The zero-order chi connectivity index (χ0) is 21.7. The van der Waals surface area contributed by atoms with Gasteiger partial charge in [-0.05, 0) is 40.0 Å². The molecule has 2 aromatic heterocycles. The minimum Gasteiger partial charge on any atom is -0.360 e. The molecule has 3 aromatic rings. The van der Waals surface area contributed by atoms with Gasteiger partial charge in [0.25, 0.3) is 0 Å². The maximum Gasteiger partial charge on any atom is 0.239 e. The highest BCUT2D eigenvalue weighted by Gasteiger charge is 2.16. The number of nitrogens with zero attached hydrogens (tertiary/aromatic N) is 4. The Morgan fingerprint density at radius 2 is 1.83 bits per heavy atom. The van der Waals surface area contributed by atoms with Crippen molar-refractivity contribution >= 4 is 23.3 Å². The maximum absolute atomic E-state index is 12.4. The van der Waals surface area contributed by atoms with E-state index in [-0.39, 0.29) is 24.8 Å². The van der Waals surface area contributed by atoms with E-state index in [1.54, 1.807) is 24.9 Å². The lowest BCUT2D eigenvalue weighted by molar-refractivity contribution is -0.119. The van der Waals surface area contributed by atoms with E-state index < -0.39 is 0 Å². The molecule has 2 heterocycles. The molecule has 0 fully saturated rings. The number of nitrogens with one attached hydrogen (secondary N) is 2. The molecule has 158 valence electrons. The zero-order valence-electron chi connectivity index (χ0n) is 17.6. The number of anilines is 2. The van der Waals surface area contributed by atoms with Crippen LogP contribution in [0, 0.1) is 20.8 Å². The van der Waals surface area contributed by atoms with Crippen LogP contribution in [0.2, 0.25) is 0 Å². The normalized spacial score (nSPS) is 11.0. The predicted octanol–water partition coefficient (Wildman–Crippen LogP) is 2.68. The molecule has 9 heteroatoms. The van der Waals surface area contributed by atoms with Crippen molar-refractivity contribution in [2.45, 2.75) is 27.2 Å². The molecule has 0 spiro atoms. The summed E-state index contributed by atoms with van der Waals surface area (Å²) < 4.78 is 6.73. The molecule has 3 rings (SSSR count). The van der Waals surface area contributed by atoms with E-state index in [1.807, 2.05) is 48.9 Å². The topological polar surface area (TPSA) is 105 Å². The number of aromatic nitrogens is 3. The summed E-state index contributed by atoms with van der Waals surface area (Å²) in [5.74, 6) is 0.650. The fourth-order valence-corrected chi connectivity index (χ4v) is 3.07. The van der Waals surface area contributed by atoms with Crippen molar-refractivity contribution in [2.75, 3.05) is 30.8 Å². The highest BCUT2D eigenvalue weighted by atomic mass is 16.5. The first-order chi connectivity index (χ1) is 14.3.